The first kappa shape index (κ1) is 24.6. The Morgan fingerprint density at radius 1 is 1.00 bits per heavy atom. The molecular formula is C24H35N5O4. The highest BCUT2D eigenvalue weighted by molar-refractivity contribution is 5.91. The first-order valence-corrected chi connectivity index (χ1v) is 11.3. The molecule has 9 heteroatoms. The van der Waals surface area contributed by atoms with Crippen molar-refractivity contribution in [2.75, 3.05) is 64.3 Å². The second-order valence-electron chi connectivity index (χ2n) is 8.42. The number of ether oxygens (including phenoxy) is 3. The van der Waals surface area contributed by atoms with E-state index in [-0.39, 0.29) is 5.91 Å². The summed E-state index contributed by atoms with van der Waals surface area (Å²) in [5, 5.41) is 2.93. The standard InChI is InChI=1S/C24H35N5O4/c1-16(2)24-25-17(3)13-21(27-24)29-11-9-28(10-12-29)8-7-22(30)26-18-14-19(31-4)23(33-6)20(15-18)32-5/h13-16H,7-12H2,1-6H3,(H,26,30). The predicted molar refractivity (Wildman–Crippen MR) is 129 cm³/mol. The molecule has 0 unspecified atom stereocenters. The van der Waals surface area contributed by atoms with Crippen molar-refractivity contribution >= 4 is 17.4 Å². The Morgan fingerprint density at radius 3 is 2.18 bits per heavy atom. The number of hydrogen-bond acceptors (Lipinski definition) is 8. The Bertz CT molecular complexity index is 933. The normalized spacial score (nSPS) is 14.3. The summed E-state index contributed by atoms with van der Waals surface area (Å²) in [5.41, 5.74) is 1.61. The number of nitrogens with zero attached hydrogens (tertiary/aromatic N) is 4. The molecule has 0 spiro atoms. The summed E-state index contributed by atoms with van der Waals surface area (Å²) < 4.78 is 16.0. The van der Waals surface area contributed by atoms with Gasteiger partial charge in [-0.3, -0.25) is 9.69 Å². The van der Waals surface area contributed by atoms with Gasteiger partial charge in [-0.25, -0.2) is 9.97 Å². The van der Waals surface area contributed by atoms with Crippen molar-refractivity contribution in [2.24, 2.45) is 0 Å². The molecule has 3 rings (SSSR count). The molecule has 1 aliphatic heterocycles. The van der Waals surface area contributed by atoms with Crippen LogP contribution in [0.3, 0.4) is 0 Å². The number of nitrogens with one attached hydrogen (secondary N) is 1. The Balaban J connectivity index is 1.52. The van der Waals surface area contributed by atoms with E-state index in [1.54, 1.807) is 33.5 Å². The second kappa shape index (κ2) is 11.2. The molecule has 1 aromatic heterocycles. The van der Waals surface area contributed by atoms with Crippen LogP contribution in [0.5, 0.6) is 17.2 Å². The maximum Gasteiger partial charge on any atom is 0.225 e. The molecule has 1 amide bonds. The number of aryl methyl sites for hydroxylation is 1. The molecule has 0 atom stereocenters. The minimum atomic E-state index is -0.0558. The average molecular weight is 458 g/mol. The minimum Gasteiger partial charge on any atom is -0.493 e. The molecule has 1 aliphatic rings. The van der Waals surface area contributed by atoms with E-state index in [1.165, 1.54) is 0 Å². The molecule has 0 bridgehead atoms. The highest BCUT2D eigenvalue weighted by atomic mass is 16.5. The van der Waals surface area contributed by atoms with Crippen LogP contribution in [-0.2, 0) is 4.79 Å². The number of hydrogen-bond donors (Lipinski definition) is 1. The van der Waals surface area contributed by atoms with E-state index in [0.717, 1.165) is 43.5 Å². The van der Waals surface area contributed by atoms with Crippen LogP contribution < -0.4 is 24.4 Å². The SMILES string of the molecule is COc1cc(NC(=O)CCN2CCN(c3cc(C)nc(C(C)C)n3)CC2)cc(OC)c1OC. The molecule has 33 heavy (non-hydrogen) atoms. The van der Waals surface area contributed by atoms with Crippen LogP contribution in [-0.4, -0.2) is 74.8 Å². The van der Waals surface area contributed by atoms with Gasteiger partial charge in [0.15, 0.2) is 11.5 Å². The zero-order chi connectivity index (χ0) is 24.0. The fourth-order valence-corrected chi connectivity index (χ4v) is 3.83. The summed E-state index contributed by atoms with van der Waals surface area (Å²) in [6, 6.07) is 5.51. The highest BCUT2D eigenvalue weighted by Crippen LogP contribution is 2.39. The lowest BCUT2D eigenvalue weighted by atomic mass is 10.2. The maximum atomic E-state index is 12.6. The number of amides is 1. The highest BCUT2D eigenvalue weighted by Gasteiger charge is 2.20. The minimum absolute atomic E-state index is 0.0558. The first-order valence-electron chi connectivity index (χ1n) is 11.3. The fourth-order valence-electron chi connectivity index (χ4n) is 3.83. The van der Waals surface area contributed by atoms with Crippen molar-refractivity contribution in [1.82, 2.24) is 14.9 Å². The summed E-state index contributed by atoms with van der Waals surface area (Å²) in [6.07, 6.45) is 0.404. The monoisotopic (exact) mass is 457 g/mol. The third-order valence-electron chi connectivity index (χ3n) is 5.67. The van der Waals surface area contributed by atoms with Crippen molar-refractivity contribution in [3.8, 4) is 17.2 Å². The van der Waals surface area contributed by atoms with Crippen molar-refractivity contribution in [1.29, 1.82) is 0 Å². The van der Waals surface area contributed by atoms with Crippen LogP contribution in [0.1, 0.15) is 37.7 Å². The van der Waals surface area contributed by atoms with Gasteiger partial charge < -0.3 is 24.4 Å². The van der Waals surface area contributed by atoms with E-state index in [2.05, 4.69) is 33.9 Å². The number of carbonyl (C=O) groups is 1. The van der Waals surface area contributed by atoms with Crippen molar-refractivity contribution in [3.63, 3.8) is 0 Å². The van der Waals surface area contributed by atoms with Crippen LogP contribution in [0.4, 0.5) is 11.5 Å². The van der Waals surface area contributed by atoms with Gasteiger partial charge in [0.2, 0.25) is 11.7 Å². The van der Waals surface area contributed by atoms with Gasteiger partial charge >= 0.3 is 0 Å². The number of methoxy groups -OCH3 is 3. The predicted octanol–water partition coefficient (Wildman–Crippen LogP) is 3.09. The van der Waals surface area contributed by atoms with Crippen LogP contribution in [0.15, 0.2) is 18.2 Å². The average Bonchev–Trinajstić information content (AvgIpc) is 2.81. The molecule has 1 fully saturated rings. The number of aromatic nitrogens is 2. The molecule has 9 nitrogen and oxygen atoms in total. The number of carbonyl (C=O) groups excluding carboxylic acids is 1. The Labute approximate surface area is 196 Å². The van der Waals surface area contributed by atoms with Gasteiger partial charge in [0.25, 0.3) is 0 Å². The van der Waals surface area contributed by atoms with Gasteiger partial charge in [0.05, 0.1) is 21.3 Å². The molecule has 2 heterocycles. The summed E-state index contributed by atoms with van der Waals surface area (Å²) in [6.45, 7) is 10.5. The van der Waals surface area contributed by atoms with Crippen LogP contribution in [0, 0.1) is 6.92 Å². The van der Waals surface area contributed by atoms with Crippen molar-refractivity contribution < 1.29 is 19.0 Å². The molecule has 180 valence electrons. The summed E-state index contributed by atoms with van der Waals surface area (Å²) >= 11 is 0. The van der Waals surface area contributed by atoms with Crippen LogP contribution in [0.25, 0.3) is 0 Å². The van der Waals surface area contributed by atoms with E-state index in [9.17, 15) is 4.79 Å². The quantitative estimate of drug-likeness (QED) is 0.615. The number of anilines is 2. The van der Waals surface area contributed by atoms with Gasteiger partial charge in [-0.05, 0) is 6.92 Å². The van der Waals surface area contributed by atoms with E-state index >= 15 is 0 Å². The van der Waals surface area contributed by atoms with E-state index in [0.29, 0.717) is 41.8 Å². The molecular weight excluding hydrogens is 422 g/mol. The lowest BCUT2D eigenvalue weighted by Gasteiger charge is -2.35. The van der Waals surface area contributed by atoms with Crippen molar-refractivity contribution in [3.05, 3.63) is 29.7 Å². The third-order valence-corrected chi connectivity index (χ3v) is 5.67. The van der Waals surface area contributed by atoms with E-state index < -0.39 is 0 Å². The Kier molecular flexibility index (Phi) is 8.32. The molecule has 2 aromatic rings. The largest absolute Gasteiger partial charge is 0.493 e. The maximum absolute atomic E-state index is 12.6. The van der Waals surface area contributed by atoms with E-state index in [4.69, 9.17) is 19.2 Å². The summed E-state index contributed by atoms with van der Waals surface area (Å²) in [5.74, 6) is 3.62. The summed E-state index contributed by atoms with van der Waals surface area (Å²) in [4.78, 5) is 26.5. The van der Waals surface area contributed by atoms with Gasteiger partial charge in [-0.1, -0.05) is 13.8 Å². The third kappa shape index (κ3) is 6.25. The van der Waals surface area contributed by atoms with Crippen molar-refractivity contribution in [2.45, 2.75) is 33.1 Å². The number of rotatable bonds is 9. The molecule has 1 N–H and O–H groups in total. The lowest BCUT2D eigenvalue weighted by molar-refractivity contribution is -0.116. The van der Waals surface area contributed by atoms with Gasteiger partial charge in [-0.2, -0.15) is 0 Å². The van der Waals surface area contributed by atoms with Gasteiger partial charge in [0, 0.05) is 74.6 Å². The van der Waals surface area contributed by atoms with Crippen LogP contribution >= 0.6 is 0 Å². The van der Waals surface area contributed by atoms with Gasteiger partial charge in [0.1, 0.15) is 11.6 Å². The number of piperazine rings is 1. The topological polar surface area (TPSA) is 89.1 Å². The zero-order valence-corrected chi connectivity index (χ0v) is 20.5. The van der Waals surface area contributed by atoms with Crippen LogP contribution in [0.2, 0.25) is 0 Å². The summed E-state index contributed by atoms with van der Waals surface area (Å²) in [7, 11) is 4.65. The van der Waals surface area contributed by atoms with Gasteiger partial charge in [-0.15, -0.1) is 0 Å². The fraction of sp³-hybridized carbons (Fsp3) is 0.542. The lowest BCUT2D eigenvalue weighted by Crippen LogP contribution is -2.47. The smallest absolute Gasteiger partial charge is 0.225 e. The second-order valence-corrected chi connectivity index (χ2v) is 8.42. The Hall–Kier alpha value is -3.07. The number of benzene rings is 1. The molecule has 0 aliphatic carbocycles. The van der Waals surface area contributed by atoms with E-state index in [1.807, 2.05) is 13.0 Å². The molecule has 0 saturated carbocycles. The molecule has 1 saturated heterocycles. The first-order chi connectivity index (χ1) is 15.8. The zero-order valence-electron chi connectivity index (χ0n) is 20.5. The Morgan fingerprint density at radius 2 is 1.64 bits per heavy atom. The molecule has 1 aromatic carbocycles. The molecule has 0 radical (unpaired) electrons.